The third-order valence-electron chi connectivity index (χ3n) is 1.83. The van der Waals surface area contributed by atoms with Crippen molar-refractivity contribution in [2.75, 3.05) is 12.8 Å². The summed E-state index contributed by atoms with van der Waals surface area (Å²) in [7, 11) is 1.37. The van der Waals surface area contributed by atoms with Crippen molar-refractivity contribution in [2.24, 2.45) is 0 Å². The normalized spacial score (nSPS) is 9.86. The van der Waals surface area contributed by atoms with E-state index in [1.165, 1.54) is 7.11 Å². The van der Waals surface area contributed by atoms with Crippen LogP contribution in [-0.2, 0) is 16.0 Å². The van der Waals surface area contributed by atoms with Crippen LogP contribution < -0.4 is 5.73 Å². The molecule has 14 heavy (non-hydrogen) atoms. The molecule has 0 bridgehead atoms. The second-order valence-corrected chi connectivity index (χ2v) is 3.41. The standard InChI is InChI=1S/C10H12ClNO2/c1-14-10(13)3-2-7-4-8(11)6-9(12)5-7/h4-6H,2-3,12H2,1H3. The molecule has 0 spiro atoms. The number of methoxy groups -OCH3 is 1. The van der Waals surface area contributed by atoms with Crippen molar-refractivity contribution < 1.29 is 9.53 Å². The van der Waals surface area contributed by atoms with E-state index in [0.29, 0.717) is 23.6 Å². The quantitative estimate of drug-likeness (QED) is 0.618. The van der Waals surface area contributed by atoms with Gasteiger partial charge in [-0.3, -0.25) is 4.79 Å². The van der Waals surface area contributed by atoms with E-state index in [1.54, 1.807) is 18.2 Å². The number of aryl methyl sites for hydroxylation is 1. The Morgan fingerprint density at radius 3 is 2.79 bits per heavy atom. The molecule has 3 nitrogen and oxygen atoms in total. The Morgan fingerprint density at radius 2 is 2.21 bits per heavy atom. The van der Waals surface area contributed by atoms with E-state index < -0.39 is 0 Å². The lowest BCUT2D eigenvalue weighted by Crippen LogP contribution is -2.02. The number of anilines is 1. The number of benzene rings is 1. The van der Waals surface area contributed by atoms with Crippen LogP contribution in [0.25, 0.3) is 0 Å². The van der Waals surface area contributed by atoms with Gasteiger partial charge in [0.2, 0.25) is 0 Å². The maximum absolute atomic E-state index is 10.9. The molecule has 1 aromatic carbocycles. The van der Waals surface area contributed by atoms with Gasteiger partial charge in [-0.1, -0.05) is 11.6 Å². The average Bonchev–Trinajstić information content (AvgIpc) is 2.12. The summed E-state index contributed by atoms with van der Waals surface area (Å²) in [5.74, 6) is -0.233. The van der Waals surface area contributed by atoms with Crippen molar-refractivity contribution in [1.82, 2.24) is 0 Å². The number of nitrogens with two attached hydrogens (primary N) is 1. The second-order valence-electron chi connectivity index (χ2n) is 2.97. The van der Waals surface area contributed by atoms with Crippen LogP contribution in [0.1, 0.15) is 12.0 Å². The number of ether oxygens (including phenoxy) is 1. The molecule has 0 radical (unpaired) electrons. The number of esters is 1. The van der Waals surface area contributed by atoms with Gasteiger partial charge in [0.25, 0.3) is 0 Å². The molecule has 2 N–H and O–H groups in total. The van der Waals surface area contributed by atoms with E-state index in [9.17, 15) is 4.79 Å². The fraction of sp³-hybridized carbons (Fsp3) is 0.300. The predicted molar refractivity (Wildman–Crippen MR) is 56.2 cm³/mol. The van der Waals surface area contributed by atoms with Crippen molar-refractivity contribution in [3.63, 3.8) is 0 Å². The van der Waals surface area contributed by atoms with Gasteiger partial charge in [0, 0.05) is 17.1 Å². The molecule has 0 saturated heterocycles. The van der Waals surface area contributed by atoms with Gasteiger partial charge in [-0.15, -0.1) is 0 Å². The van der Waals surface area contributed by atoms with Crippen molar-refractivity contribution in [3.8, 4) is 0 Å². The topological polar surface area (TPSA) is 52.3 Å². The molecule has 0 atom stereocenters. The molecule has 76 valence electrons. The molecule has 0 amide bonds. The SMILES string of the molecule is COC(=O)CCc1cc(N)cc(Cl)c1. The maximum Gasteiger partial charge on any atom is 0.305 e. The van der Waals surface area contributed by atoms with Crippen molar-refractivity contribution >= 4 is 23.3 Å². The minimum absolute atomic E-state index is 0.233. The van der Waals surface area contributed by atoms with Crippen molar-refractivity contribution in [2.45, 2.75) is 12.8 Å². The Bertz CT molecular complexity index is 319. The Kier molecular flexibility index (Phi) is 3.77. The number of hydrogen-bond acceptors (Lipinski definition) is 3. The summed E-state index contributed by atoms with van der Waals surface area (Å²) in [6.07, 6.45) is 0.938. The van der Waals surface area contributed by atoms with Crippen LogP contribution in [0.15, 0.2) is 18.2 Å². The third-order valence-corrected chi connectivity index (χ3v) is 2.04. The highest BCUT2D eigenvalue weighted by Crippen LogP contribution is 2.17. The fourth-order valence-electron chi connectivity index (χ4n) is 1.17. The van der Waals surface area contributed by atoms with Gasteiger partial charge < -0.3 is 10.5 Å². The molecule has 1 aromatic rings. The highest BCUT2D eigenvalue weighted by molar-refractivity contribution is 6.30. The molecule has 4 heteroatoms. The van der Waals surface area contributed by atoms with Gasteiger partial charge in [0.15, 0.2) is 0 Å². The highest BCUT2D eigenvalue weighted by atomic mass is 35.5. The van der Waals surface area contributed by atoms with E-state index in [2.05, 4.69) is 4.74 Å². The lowest BCUT2D eigenvalue weighted by molar-refractivity contribution is -0.140. The third kappa shape index (κ3) is 3.26. The first kappa shape index (κ1) is 10.9. The Morgan fingerprint density at radius 1 is 1.50 bits per heavy atom. The van der Waals surface area contributed by atoms with Gasteiger partial charge in [0.1, 0.15) is 0 Å². The molecule has 0 aliphatic carbocycles. The summed E-state index contributed by atoms with van der Waals surface area (Å²) < 4.78 is 4.53. The summed E-state index contributed by atoms with van der Waals surface area (Å²) in [6, 6.07) is 5.26. The lowest BCUT2D eigenvalue weighted by Gasteiger charge is -2.02. The molecular formula is C10H12ClNO2. The van der Waals surface area contributed by atoms with E-state index in [-0.39, 0.29) is 5.97 Å². The molecule has 0 aliphatic rings. The number of nitrogen functional groups attached to an aromatic ring is 1. The predicted octanol–water partition coefficient (Wildman–Crippen LogP) is 2.03. The zero-order valence-corrected chi connectivity index (χ0v) is 8.67. The average molecular weight is 214 g/mol. The summed E-state index contributed by atoms with van der Waals surface area (Å²) in [4.78, 5) is 10.9. The fourth-order valence-corrected chi connectivity index (χ4v) is 1.43. The molecular weight excluding hydrogens is 202 g/mol. The van der Waals surface area contributed by atoms with E-state index >= 15 is 0 Å². The van der Waals surface area contributed by atoms with Gasteiger partial charge >= 0.3 is 5.97 Å². The minimum atomic E-state index is -0.233. The van der Waals surface area contributed by atoms with Crippen LogP contribution >= 0.6 is 11.6 Å². The Labute approximate surface area is 87.8 Å². The maximum atomic E-state index is 10.9. The molecule has 0 aromatic heterocycles. The number of hydrogen-bond donors (Lipinski definition) is 1. The zero-order valence-electron chi connectivity index (χ0n) is 7.92. The second kappa shape index (κ2) is 4.86. The Hall–Kier alpha value is -1.22. The van der Waals surface area contributed by atoms with Gasteiger partial charge in [-0.05, 0) is 30.2 Å². The molecule has 0 fully saturated rings. The molecule has 1 rings (SSSR count). The summed E-state index contributed by atoms with van der Waals surface area (Å²) in [6.45, 7) is 0. The number of rotatable bonds is 3. The first-order chi connectivity index (χ1) is 6.61. The first-order valence-corrected chi connectivity index (χ1v) is 4.61. The monoisotopic (exact) mass is 213 g/mol. The van der Waals surface area contributed by atoms with Crippen molar-refractivity contribution in [3.05, 3.63) is 28.8 Å². The van der Waals surface area contributed by atoms with Gasteiger partial charge in [0.05, 0.1) is 7.11 Å². The van der Waals surface area contributed by atoms with Gasteiger partial charge in [-0.25, -0.2) is 0 Å². The molecule has 0 heterocycles. The first-order valence-electron chi connectivity index (χ1n) is 4.23. The van der Waals surface area contributed by atoms with Crippen LogP contribution in [0.5, 0.6) is 0 Å². The molecule has 0 aliphatic heterocycles. The zero-order chi connectivity index (χ0) is 10.6. The van der Waals surface area contributed by atoms with Crippen LogP contribution in [0.4, 0.5) is 5.69 Å². The van der Waals surface area contributed by atoms with Crippen LogP contribution in [0.3, 0.4) is 0 Å². The summed E-state index contributed by atoms with van der Waals surface area (Å²) in [5, 5.41) is 0.588. The van der Waals surface area contributed by atoms with Gasteiger partial charge in [-0.2, -0.15) is 0 Å². The highest BCUT2D eigenvalue weighted by Gasteiger charge is 2.02. The minimum Gasteiger partial charge on any atom is -0.469 e. The van der Waals surface area contributed by atoms with E-state index in [1.807, 2.05) is 0 Å². The molecule has 0 saturated carbocycles. The number of carbonyl (C=O) groups is 1. The lowest BCUT2D eigenvalue weighted by atomic mass is 10.1. The summed E-state index contributed by atoms with van der Waals surface area (Å²) >= 11 is 5.80. The van der Waals surface area contributed by atoms with E-state index in [0.717, 1.165) is 5.56 Å². The van der Waals surface area contributed by atoms with E-state index in [4.69, 9.17) is 17.3 Å². The van der Waals surface area contributed by atoms with Crippen LogP contribution in [-0.4, -0.2) is 13.1 Å². The smallest absolute Gasteiger partial charge is 0.305 e. The Balaban J connectivity index is 2.63. The molecule has 0 unspecified atom stereocenters. The number of carbonyl (C=O) groups excluding carboxylic acids is 1. The van der Waals surface area contributed by atoms with Crippen LogP contribution in [0, 0.1) is 0 Å². The number of halogens is 1. The van der Waals surface area contributed by atoms with Crippen LogP contribution in [0.2, 0.25) is 5.02 Å². The summed E-state index contributed by atoms with van der Waals surface area (Å²) in [5.41, 5.74) is 7.15. The van der Waals surface area contributed by atoms with Crippen molar-refractivity contribution in [1.29, 1.82) is 0 Å². The largest absolute Gasteiger partial charge is 0.469 e.